The number of ether oxygens (including phenoxy) is 1. The number of carboxylic acids is 1. The van der Waals surface area contributed by atoms with E-state index in [1.165, 1.54) is 0 Å². The van der Waals surface area contributed by atoms with Crippen molar-refractivity contribution < 1.29 is 19.4 Å². The first kappa shape index (κ1) is 16.0. The first-order valence-corrected chi connectivity index (χ1v) is 6.82. The Balaban J connectivity index is 2.43. The molecule has 1 amide bonds. The van der Waals surface area contributed by atoms with Gasteiger partial charge >= 0.3 is 5.97 Å². The summed E-state index contributed by atoms with van der Waals surface area (Å²) in [7, 11) is 0. The summed E-state index contributed by atoms with van der Waals surface area (Å²) in [4.78, 5) is 22.6. The Labute approximate surface area is 118 Å². The van der Waals surface area contributed by atoms with Gasteiger partial charge in [-0.05, 0) is 44.0 Å². The lowest BCUT2D eigenvalue weighted by Crippen LogP contribution is -2.17. The lowest BCUT2D eigenvalue weighted by Gasteiger charge is -2.10. The molecule has 0 saturated carbocycles. The van der Waals surface area contributed by atoms with Gasteiger partial charge in [-0.1, -0.05) is 6.92 Å². The van der Waals surface area contributed by atoms with Crippen molar-refractivity contribution in [3.63, 3.8) is 0 Å². The quantitative estimate of drug-likeness (QED) is 0.767. The normalized spacial score (nSPS) is 11.7. The van der Waals surface area contributed by atoms with E-state index in [0.717, 1.165) is 5.75 Å². The molecule has 0 saturated heterocycles. The molecule has 0 aromatic heterocycles. The highest BCUT2D eigenvalue weighted by atomic mass is 16.5. The van der Waals surface area contributed by atoms with Crippen LogP contribution in [0.2, 0.25) is 0 Å². The van der Waals surface area contributed by atoms with E-state index in [1.54, 1.807) is 24.3 Å². The molecular weight excluding hydrogens is 258 g/mol. The van der Waals surface area contributed by atoms with Gasteiger partial charge in [0, 0.05) is 12.1 Å². The fourth-order valence-electron chi connectivity index (χ4n) is 1.83. The van der Waals surface area contributed by atoms with Gasteiger partial charge in [0.05, 0.1) is 12.5 Å². The minimum Gasteiger partial charge on any atom is -0.494 e. The summed E-state index contributed by atoms with van der Waals surface area (Å²) in [6, 6.07) is 7.09. The lowest BCUT2D eigenvalue weighted by atomic mass is 10.0. The van der Waals surface area contributed by atoms with Crippen LogP contribution in [0.1, 0.15) is 33.1 Å². The van der Waals surface area contributed by atoms with Crippen LogP contribution in [0.3, 0.4) is 0 Å². The fourth-order valence-corrected chi connectivity index (χ4v) is 1.83. The van der Waals surface area contributed by atoms with E-state index in [1.807, 2.05) is 13.8 Å². The van der Waals surface area contributed by atoms with E-state index in [2.05, 4.69) is 5.32 Å². The van der Waals surface area contributed by atoms with E-state index in [-0.39, 0.29) is 12.3 Å². The minimum absolute atomic E-state index is 0.172. The van der Waals surface area contributed by atoms with E-state index < -0.39 is 11.9 Å². The summed E-state index contributed by atoms with van der Waals surface area (Å²) in [5.41, 5.74) is 0.682. The van der Waals surface area contributed by atoms with Gasteiger partial charge < -0.3 is 15.2 Å². The third-order valence-electron chi connectivity index (χ3n) is 3.01. The Morgan fingerprint density at radius 3 is 2.40 bits per heavy atom. The number of amides is 1. The second-order valence-electron chi connectivity index (χ2n) is 4.49. The van der Waals surface area contributed by atoms with Crippen LogP contribution in [0, 0.1) is 5.92 Å². The van der Waals surface area contributed by atoms with Gasteiger partial charge in [-0.2, -0.15) is 0 Å². The molecular formula is C15H21NO4. The van der Waals surface area contributed by atoms with Crippen molar-refractivity contribution in [1.82, 2.24) is 0 Å². The lowest BCUT2D eigenvalue weighted by molar-refractivity contribution is -0.142. The van der Waals surface area contributed by atoms with Crippen molar-refractivity contribution in [2.45, 2.75) is 33.1 Å². The van der Waals surface area contributed by atoms with E-state index >= 15 is 0 Å². The average Bonchev–Trinajstić information content (AvgIpc) is 2.41. The molecule has 20 heavy (non-hydrogen) atoms. The van der Waals surface area contributed by atoms with Gasteiger partial charge in [0.2, 0.25) is 5.91 Å². The van der Waals surface area contributed by atoms with Crippen molar-refractivity contribution in [2.24, 2.45) is 5.92 Å². The Bertz CT molecular complexity index is 442. The average molecular weight is 279 g/mol. The summed E-state index contributed by atoms with van der Waals surface area (Å²) in [6.45, 7) is 4.31. The van der Waals surface area contributed by atoms with Crippen LogP contribution in [0.15, 0.2) is 24.3 Å². The molecule has 5 nitrogen and oxygen atoms in total. The largest absolute Gasteiger partial charge is 0.494 e. The van der Waals surface area contributed by atoms with Gasteiger partial charge in [0.1, 0.15) is 5.75 Å². The molecule has 0 fully saturated rings. The molecule has 110 valence electrons. The molecule has 1 rings (SSSR count). The Morgan fingerprint density at radius 2 is 1.90 bits per heavy atom. The number of hydrogen-bond donors (Lipinski definition) is 2. The highest BCUT2D eigenvalue weighted by molar-refractivity contribution is 5.91. The monoisotopic (exact) mass is 279 g/mol. The molecule has 0 bridgehead atoms. The molecule has 5 heteroatoms. The number of anilines is 1. The zero-order valence-electron chi connectivity index (χ0n) is 11.9. The summed E-state index contributed by atoms with van der Waals surface area (Å²) >= 11 is 0. The van der Waals surface area contributed by atoms with Crippen LogP contribution >= 0.6 is 0 Å². The van der Waals surface area contributed by atoms with Crippen molar-refractivity contribution in [3.05, 3.63) is 24.3 Å². The second-order valence-corrected chi connectivity index (χ2v) is 4.49. The standard InChI is InChI=1S/C15H21NO4/c1-3-11(15(18)19)5-10-14(17)16-12-6-8-13(9-7-12)20-4-2/h6-9,11H,3-5,10H2,1-2H3,(H,16,17)(H,18,19)/t11-/m0/s1. The molecule has 0 aliphatic heterocycles. The molecule has 1 aromatic carbocycles. The third-order valence-corrected chi connectivity index (χ3v) is 3.01. The van der Waals surface area contributed by atoms with Crippen LogP contribution in [-0.2, 0) is 9.59 Å². The smallest absolute Gasteiger partial charge is 0.306 e. The van der Waals surface area contributed by atoms with Gasteiger partial charge in [-0.3, -0.25) is 9.59 Å². The van der Waals surface area contributed by atoms with Crippen molar-refractivity contribution in [3.8, 4) is 5.75 Å². The van der Waals surface area contributed by atoms with Crippen LogP contribution < -0.4 is 10.1 Å². The first-order valence-electron chi connectivity index (χ1n) is 6.82. The van der Waals surface area contributed by atoms with Crippen molar-refractivity contribution >= 4 is 17.6 Å². The summed E-state index contributed by atoms with van der Waals surface area (Å²) in [5.74, 6) is -0.723. The summed E-state index contributed by atoms with van der Waals surface area (Å²) < 4.78 is 5.31. The van der Waals surface area contributed by atoms with Gasteiger partial charge in [-0.25, -0.2) is 0 Å². The van der Waals surface area contributed by atoms with Crippen LogP contribution in [0.25, 0.3) is 0 Å². The highest BCUT2D eigenvalue weighted by Gasteiger charge is 2.16. The minimum atomic E-state index is -0.846. The van der Waals surface area contributed by atoms with Crippen molar-refractivity contribution in [2.75, 3.05) is 11.9 Å². The van der Waals surface area contributed by atoms with E-state index in [4.69, 9.17) is 9.84 Å². The zero-order valence-corrected chi connectivity index (χ0v) is 11.9. The second kappa shape index (κ2) is 8.19. The Hall–Kier alpha value is -2.04. The summed E-state index contributed by atoms with van der Waals surface area (Å²) in [6.07, 6.45) is 1.10. The molecule has 0 aliphatic rings. The fraction of sp³-hybridized carbons (Fsp3) is 0.467. The van der Waals surface area contributed by atoms with Gasteiger partial charge in [0.15, 0.2) is 0 Å². The van der Waals surface area contributed by atoms with Crippen molar-refractivity contribution in [1.29, 1.82) is 0 Å². The SMILES string of the molecule is CCOc1ccc(NC(=O)CC[C@H](CC)C(=O)O)cc1. The number of carbonyl (C=O) groups excluding carboxylic acids is 1. The number of carbonyl (C=O) groups is 2. The zero-order chi connectivity index (χ0) is 15.0. The maximum atomic E-state index is 11.7. The Kier molecular flexibility index (Phi) is 6.56. The maximum absolute atomic E-state index is 11.7. The Morgan fingerprint density at radius 1 is 1.25 bits per heavy atom. The molecule has 2 N–H and O–H groups in total. The number of nitrogens with one attached hydrogen (secondary N) is 1. The number of rotatable bonds is 8. The number of carboxylic acid groups (broad SMARTS) is 1. The predicted octanol–water partition coefficient (Wildman–Crippen LogP) is 2.91. The van der Waals surface area contributed by atoms with Crippen LogP contribution in [-0.4, -0.2) is 23.6 Å². The number of benzene rings is 1. The van der Waals surface area contributed by atoms with Gasteiger partial charge in [-0.15, -0.1) is 0 Å². The number of hydrogen-bond acceptors (Lipinski definition) is 3. The molecule has 0 unspecified atom stereocenters. The molecule has 0 spiro atoms. The molecule has 1 atom stereocenters. The topological polar surface area (TPSA) is 75.6 Å². The summed E-state index contributed by atoms with van der Waals surface area (Å²) in [5, 5.41) is 11.7. The molecule has 0 heterocycles. The highest BCUT2D eigenvalue weighted by Crippen LogP contribution is 2.17. The first-order chi connectivity index (χ1) is 9.56. The van der Waals surface area contributed by atoms with Crippen LogP contribution in [0.4, 0.5) is 5.69 Å². The molecule has 0 radical (unpaired) electrons. The van der Waals surface area contributed by atoms with Crippen LogP contribution in [0.5, 0.6) is 5.75 Å². The maximum Gasteiger partial charge on any atom is 0.306 e. The molecule has 0 aliphatic carbocycles. The van der Waals surface area contributed by atoms with E-state index in [9.17, 15) is 9.59 Å². The molecule has 1 aromatic rings. The van der Waals surface area contributed by atoms with Gasteiger partial charge in [0.25, 0.3) is 0 Å². The van der Waals surface area contributed by atoms with E-state index in [0.29, 0.717) is 25.1 Å². The number of aliphatic carboxylic acids is 1. The third kappa shape index (κ3) is 5.30. The predicted molar refractivity (Wildman–Crippen MR) is 76.9 cm³/mol.